The first kappa shape index (κ1) is 28.2. The molecule has 2 aromatic carbocycles. The molecule has 1 aliphatic heterocycles. The molecule has 0 radical (unpaired) electrons. The monoisotopic (exact) mass is 578 g/mol. The number of nitrogens with one attached hydrogen (secondary N) is 2. The van der Waals surface area contributed by atoms with Gasteiger partial charge in [-0.1, -0.05) is 37.7 Å². The summed E-state index contributed by atoms with van der Waals surface area (Å²) < 4.78 is 16.6. The van der Waals surface area contributed by atoms with Crippen molar-refractivity contribution >= 4 is 29.1 Å². The number of fused-ring (bicyclic) bond motifs is 1. The van der Waals surface area contributed by atoms with Gasteiger partial charge in [0.2, 0.25) is 5.75 Å². The summed E-state index contributed by atoms with van der Waals surface area (Å²) in [6.45, 7) is 4.08. The number of Topliss-reactive ketones (excluding diaryl/α,β-unsaturated/α-hetero) is 1. The molecule has 0 bridgehead atoms. The van der Waals surface area contributed by atoms with Crippen molar-refractivity contribution in [2.24, 2.45) is 5.41 Å². The summed E-state index contributed by atoms with van der Waals surface area (Å²) >= 11 is 1.30. The van der Waals surface area contributed by atoms with Gasteiger partial charge >= 0.3 is 0 Å². The maximum Gasteiger partial charge on any atom is 0.269 e. The van der Waals surface area contributed by atoms with Crippen LogP contribution in [0.3, 0.4) is 0 Å². The Morgan fingerprint density at radius 1 is 1.05 bits per heavy atom. The maximum absolute atomic E-state index is 13.7. The van der Waals surface area contributed by atoms with Crippen molar-refractivity contribution in [1.82, 2.24) is 9.97 Å². The Bertz CT molecular complexity index is 1600. The third-order valence-electron chi connectivity index (χ3n) is 7.24. The molecule has 2 aliphatic rings. The number of allylic oxidation sites excluding steroid dienone is 2. The number of hydrogen-bond donors (Lipinski definition) is 2. The molecule has 1 aliphatic carbocycles. The lowest BCUT2D eigenvalue weighted by Gasteiger charge is -2.38. The summed E-state index contributed by atoms with van der Waals surface area (Å²) in [5.74, 6) is 1.30. The quantitative estimate of drug-likeness (QED) is 0.158. The highest BCUT2D eigenvalue weighted by molar-refractivity contribution is 7.98. The summed E-state index contributed by atoms with van der Waals surface area (Å²) in [7, 11) is 4.54. The molecule has 0 amide bonds. The van der Waals surface area contributed by atoms with E-state index in [9.17, 15) is 19.7 Å². The summed E-state index contributed by atoms with van der Waals surface area (Å²) in [5.41, 5.74) is 2.44. The number of nitrogens with zero attached hydrogens (tertiary/aromatic N) is 2. The van der Waals surface area contributed by atoms with E-state index < -0.39 is 10.8 Å². The summed E-state index contributed by atoms with van der Waals surface area (Å²) in [5, 5.41) is 14.7. The fourth-order valence-corrected chi connectivity index (χ4v) is 6.25. The average molecular weight is 579 g/mol. The van der Waals surface area contributed by atoms with Gasteiger partial charge in [-0.2, -0.15) is 0 Å². The maximum atomic E-state index is 13.7. The number of carbonyl (C=O) groups is 1. The number of ketones is 1. The third kappa shape index (κ3) is 5.39. The number of rotatable bonds is 8. The van der Waals surface area contributed by atoms with Crippen LogP contribution >= 0.6 is 11.8 Å². The zero-order valence-electron chi connectivity index (χ0n) is 23.3. The number of carbonyl (C=O) groups excluding carboxylic acids is 1. The van der Waals surface area contributed by atoms with Crippen LogP contribution in [0.15, 0.2) is 57.6 Å². The van der Waals surface area contributed by atoms with Crippen LogP contribution in [0.5, 0.6) is 17.2 Å². The molecule has 0 saturated carbocycles. The number of H-pyrrole nitrogens is 1. The van der Waals surface area contributed by atoms with Crippen LogP contribution in [0.2, 0.25) is 0 Å². The largest absolute Gasteiger partial charge is 0.493 e. The van der Waals surface area contributed by atoms with Crippen LogP contribution < -0.4 is 25.1 Å². The minimum absolute atomic E-state index is 0.00938. The Kier molecular flexibility index (Phi) is 7.52. The molecule has 3 aromatic rings. The molecular formula is C29H30N4O7S. The number of nitro benzene ring substituents is 1. The first-order valence-corrected chi connectivity index (χ1v) is 13.9. The number of anilines is 1. The van der Waals surface area contributed by atoms with Gasteiger partial charge in [-0.05, 0) is 35.1 Å². The van der Waals surface area contributed by atoms with Gasteiger partial charge in [0.05, 0.1) is 31.8 Å². The molecule has 1 atom stereocenters. The van der Waals surface area contributed by atoms with Gasteiger partial charge in [0.1, 0.15) is 5.82 Å². The number of benzene rings is 2. The molecule has 41 heavy (non-hydrogen) atoms. The lowest BCUT2D eigenvalue weighted by atomic mass is 9.69. The Morgan fingerprint density at radius 3 is 2.29 bits per heavy atom. The van der Waals surface area contributed by atoms with Crippen LogP contribution in [-0.2, 0) is 10.5 Å². The third-order valence-corrected chi connectivity index (χ3v) is 8.19. The first-order chi connectivity index (χ1) is 19.5. The van der Waals surface area contributed by atoms with Gasteiger partial charge in [0.15, 0.2) is 22.4 Å². The van der Waals surface area contributed by atoms with Gasteiger partial charge in [-0.25, -0.2) is 4.98 Å². The molecule has 0 saturated heterocycles. The molecule has 0 fully saturated rings. The van der Waals surface area contributed by atoms with E-state index in [0.29, 0.717) is 63.5 Å². The van der Waals surface area contributed by atoms with Crippen LogP contribution in [0.1, 0.15) is 49.3 Å². The predicted molar refractivity (Wildman–Crippen MR) is 154 cm³/mol. The fourth-order valence-electron chi connectivity index (χ4n) is 5.43. The van der Waals surface area contributed by atoms with Gasteiger partial charge in [0.25, 0.3) is 11.2 Å². The molecule has 2 N–H and O–H groups in total. The Labute approximate surface area is 240 Å². The van der Waals surface area contributed by atoms with Gasteiger partial charge in [0, 0.05) is 41.5 Å². The molecule has 0 spiro atoms. The standard InChI is InChI=1S/C29H30N4O7S/c1-29(2)12-18-23(19(34)13-29)22(16-10-20(38-3)25(40-5)21(11-16)39-4)24-26(30-18)31-28(32-27(24)35)41-14-15-6-8-17(9-7-15)33(36)37/h6-11,22H,12-14H2,1-5H3,(H2,30,31,32,35). The van der Waals surface area contributed by atoms with Crippen molar-refractivity contribution in [3.63, 3.8) is 0 Å². The highest BCUT2D eigenvalue weighted by atomic mass is 32.2. The second kappa shape index (κ2) is 10.9. The molecule has 12 heteroatoms. The zero-order valence-corrected chi connectivity index (χ0v) is 24.1. The van der Waals surface area contributed by atoms with Crippen LogP contribution in [0, 0.1) is 15.5 Å². The summed E-state index contributed by atoms with van der Waals surface area (Å²) in [6.07, 6.45) is 0.951. The van der Waals surface area contributed by atoms with Crippen molar-refractivity contribution in [1.29, 1.82) is 0 Å². The highest BCUT2D eigenvalue weighted by Crippen LogP contribution is 2.50. The Hall–Kier alpha value is -4.32. The van der Waals surface area contributed by atoms with Crippen LogP contribution in [0.25, 0.3) is 0 Å². The Morgan fingerprint density at radius 2 is 1.71 bits per heavy atom. The zero-order chi connectivity index (χ0) is 29.5. The molecule has 1 unspecified atom stereocenters. The van der Waals surface area contributed by atoms with E-state index in [1.165, 1.54) is 45.2 Å². The van der Waals surface area contributed by atoms with Crippen LogP contribution in [0.4, 0.5) is 11.5 Å². The number of hydrogen-bond acceptors (Lipinski definition) is 10. The first-order valence-electron chi connectivity index (χ1n) is 12.9. The molecule has 214 valence electrons. The number of ether oxygens (including phenoxy) is 3. The van der Waals surface area contributed by atoms with E-state index in [1.807, 2.05) is 13.8 Å². The van der Waals surface area contributed by atoms with Gasteiger partial charge in [-0.3, -0.25) is 19.7 Å². The molecular weight excluding hydrogens is 548 g/mol. The topological polar surface area (TPSA) is 146 Å². The lowest BCUT2D eigenvalue weighted by molar-refractivity contribution is -0.384. The number of thioether (sulfide) groups is 1. The SMILES string of the molecule is COc1cc(C2C3=C(CC(C)(C)CC3=O)Nc3nc(SCc4ccc([N+](=O)[O-])cc4)[nH]c(=O)c32)cc(OC)c1OC. The lowest BCUT2D eigenvalue weighted by Crippen LogP contribution is -2.37. The predicted octanol–water partition coefficient (Wildman–Crippen LogP) is 5.20. The number of methoxy groups -OCH3 is 3. The van der Waals surface area contributed by atoms with Crippen molar-refractivity contribution in [2.45, 2.75) is 43.5 Å². The van der Waals surface area contributed by atoms with Crippen molar-refractivity contribution in [3.05, 3.63) is 84.8 Å². The van der Waals surface area contributed by atoms with Crippen molar-refractivity contribution < 1.29 is 23.9 Å². The van der Waals surface area contributed by atoms with E-state index in [4.69, 9.17) is 19.2 Å². The van der Waals surface area contributed by atoms with Crippen LogP contribution in [-0.4, -0.2) is 42.0 Å². The Balaban J connectivity index is 1.60. The van der Waals surface area contributed by atoms with E-state index in [0.717, 1.165) is 11.3 Å². The number of aromatic nitrogens is 2. The number of non-ortho nitro benzene ring substituents is 1. The minimum Gasteiger partial charge on any atom is -0.493 e. The van der Waals surface area contributed by atoms with Crippen molar-refractivity contribution in [3.8, 4) is 17.2 Å². The smallest absolute Gasteiger partial charge is 0.269 e. The molecule has 5 rings (SSSR count). The van der Waals surface area contributed by atoms with E-state index in [2.05, 4.69) is 10.3 Å². The summed E-state index contributed by atoms with van der Waals surface area (Å²) in [4.78, 5) is 45.4. The van der Waals surface area contributed by atoms with E-state index >= 15 is 0 Å². The normalized spacial score (nSPS) is 17.3. The van der Waals surface area contributed by atoms with E-state index in [-0.39, 0.29) is 22.4 Å². The minimum atomic E-state index is -0.705. The number of aromatic amines is 1. The fraction of sp³-hybridized carbons (Fsp3) is 0.345. The van der Waals surface area contributed by atoms with Crippen molar-refractivity contribution in [2.75, 3.05) is 26.6 Å². The second-order valence-electron chi connectivity index (χ2n) is 10.7. The molecule has 2 heterocycles. The average Bonchev–Trinajstić information content (AvgIpc) is 2.93. The van der Waals surface area contributed by atoms with E-state index in [1.54, 1.807) is 24.3 Å². The van der Waals surface area contributed by atoms with Gasteiger partial charge in [-0.15, -0.1) is 0 Å². The molecule has 11 nitrogen and oxygen atoms in total. The second-order valence-corrected chi connectivity index (χ2v) is 11.7. The summed E-state index contributed by atoms with van der Waals surface area (Å²) in [6, 6.07) is 9.75. The number of nitro groups is 1. The van der Waals surface area contributed by atoms with Gasteiger partial charge < -0.3 is 24.5 Å². The molecule has 1 aromatic heterocycles. The highest BCUT2D eigenvalue weighted by Gasteiger charge is 2.43.